The minimum absolute atomic E-state index is 0.264. The van der Waals surface area contributed by atoms with E-state index in [1.807, 2.05) is 6.07 Å². The first-order valence-corrected chi connectivity index (χ1v) is 4.42. The Morgan fingerprint density at radius 3 is 2.75 bits per heavy atom. The Hall–Kier alpha value is -1.11. The van der Waals surface area contributed by atoms with E-state index in [1.165, 1.54) is 11.1 Å². The molecule has 2 rings (SSSR count). The lowest BCUT2D eigenvalue weighted by molar-refractivity contribution is -0.111. The molecule has 0 bridgehead atoms. The number of benzene rings is 1. The number of carbonyl (C=O) groups is 1. The molecule has 1 atom stereocenters. The van der Waals surface area contributed by atoms with Gasteiger partial charge in [0.2, 0.25) is 0 Å². The van der Waals surface area contributed by atoms with Gasteiger partial charge in [-0.1, -0.05) is 24.3 Å². The smallest absolute Gasteiger partial charge is 0.123 e. The Labute approximate surface area is 72.4 Å². The van der Waals surface area contributed by atoms with E-state index in [4.69, 9.17) is 0 Å². The summed E-state index contributed by atoms with van der Waals surface area (Å²) in [6.45, 7) is 0. The van der Waals surface area contributed by atoms with Crippen molar-refractivity contribution in [2.24, 2.45) is 5.92 Å². The van der Waals surface area contributed by atoms with Crippen LogP contribution in [-0.4, -0.2) is 6.29 Å². The molecule has 1 aromatic rings. The average Bonchev–Trinajstić information content (AvgIpc) is 2.17. The van der Waals surface area contributed by atoms with Crippen LogP contribution < -0.4 is 0 Å². The van der Waals surface area contributed by atoms with Gasteiger partial charge in [0.1, 0.15) is 6.29 Å². The van der Waals surface area contributed by atoms with Gasteiger partial charge in [-0.3, -0.25) is 0 Å². The molecule has 0 amide bonds. The van der Waals surface area contributed by atoms with Gasteiger partial charge in [-0.05, 0) is 30.4 Å². The molecule has 0 saturated carbocycles. The quantitative estimate of drug-likeness (QED) is 0.574. The third-order valence-corrected chi connectivity index (χ3v) is 2.58. The Bertz CT molecular complexity index is 291. The summed E-state index contributed by atoms with van der Waals surface area (Å²) in [6.07, 6.45) is 4.13. The Balaban J connectivity index is 2.28. The zero-order valence-electron chi connectivity index (χ0n) is 6.99. The Kier molecular flexibility index (Phi) is 1.94. The van der Waals surface area contributed by atoms with Gasteiger partial charge in [0.05, 0.1) is 0 Å². The van der Waals surface area contributed by atoms with Crippen LogP contribution in [0, 0.1) is 5.92 Å². The zero-order valence-corrected chi connectivity index (χ0v) is 6.99. The van der Waals surface area contributed by atoms with Crippen molar-refractivity contribution in [3.8, 4) is 0 Å². The molecule has 0 spiro atoms. The minimum Gasteiger partial charge on any atom is -0.303 e. The van der Waals surface area contributed by atoms with Gasteiger partial charge in [0.15, 0.2) is 0 Å². The maximum atomic E-state index is 10.6. The second-order valence-corrected chi connectivity index (χ2v) is 3.41. The molecule has 0 saturated heterocycles. The highest BCUT2D eigenvalue weighted by atomic mass is 16.1. The van der Waals surface area contributed by atoms with Gasteiger partial charge in [-0.25, -0.2) is 0 Å². The van der Waals surface area contributed by atoms with Crippen LogP contribution in [0.4, 0.5) is 0 Å². The van der Waals surface area contributed by atoms with Gasteiger partial charge in [-0.15, -0.1) is 0 Å². The first-order chi connectivity index (χ1) is 5.90. The van der Waals surface area contributed by atoms with Crippen molar-refractivity contribution in [2.75, 3.05) is 0 Å². The van der Waals surface area contributed by atoms with Crippen LogP contribution in [0.1, 0.15) is 17.5 Å². The maximum Gasteiger partial charge on any atom is 0.123 e. The molecule has 1 aliphatic carbocycles. The van der Waals surface area contributed by atoms with Crippen LogP contribution in [-0.2, 0) is 17.6 Å². The van der Waals surface area contributed by atoms with Crippen molar-refractivity contribution >= 4 is 6.29 Å². The molecule has 0 aromatic heterocycles. The number of aldehydes is 1. The molecular weight excluding hydrogens is 148 g/mol. The summed E-state index contributed by atoms with van der Waals surface area (Å²) in [5.41, 5.74) is 2.79. The number of hydrogen-bond donors (Lipinski definition) is 0. The van der Waals surface area contributed by atoms with Crippen LogP contribution in [0.15, 0.2) is 24.3 Å². The van der Waals surface area contributed by atoms with Crippen molar-refractivity contribution < 1.29 is 4.79 Å². The second-order valence-electron chi connectivity index (χ2n) is 3.41. The van der Waals surface area contributed by atoms with Gasteiger partial charge in [0, 0.05) is 5.92 Å². The van der Waals surface area contributed by atoms with Gasteiger partial charge < -0.3 is 4.79 Å². The molecule has 1 aromatic carbocycles. The number of carbonyl (C=O) groups excluding carboxylic acids is 1. The van der Waals surface area contributed by atoms with E-state index < -0.39 is 0 Å². The molecule has 62 valence electrons. The molecule has 0 unspecified atom stereocenters. The van der Waals surface area contributed by atoms with E-state index in [-0.39, 0.29) is 5.92 Å². The maximum absolute atomic E-state index is 10.6. The predicted octanol–water partition coefficient (Wildman–Crippen LogP) is 1.99. The Morgan fingerprint density at radius 2 is 2.00 bits per heavy atom. The summed E-state index contributed by atoms with van der Waals surface area (Å²) < 4.78 is 0. The summed E-state index contributed by atoms with van der Waals surface area (Å²) in [5, 5.41) is 0. The molecule has 12 heavy (non-hydrogen) atoms. The monoisotopic (exact) mass is 160 g/mol. The van der Waals surface area contributed by atoms with E-state index in [9.17, 15) is 4.79 Å². The number of fused-ring (bicyclic) bond motifs is 1. The topological polar surface area (TPSA) is 17.1 Å². The van der Waals surface area contributed by atoms with Crippen molar-refractivity contribution in [3.05, 3.63) is 35.4 Å². The highest BCUT2D eigenvalue weighted by molar-refractivity contribution is 5.55. The molecule has 0 radical (unpaired) electrons. The number of aryl methyl sites for hydroxylation is 1. The minimum atomic E-state index is 0.264. The van der Waals surface area contributed by atoms with E-state index in [2.05, 4.69) is 18.2 Å². The summed E-state index contributed by atoms with van der Waals surface area (Å²) >= 11 is 0. The third kappa shape index (κ3) is 1.27. The first kappa shape index (κ1) is 7.53. The zero-order chi connectivity index (χ0) is 8.39. The summed E-state index contributed by atoms with van der Waals surface area (Å²) in [4.78, 5) is 10.6. The summed E-state index contributed by atoms with van der Waals surface area (Å²) in [6, 6.07) is 8.41. The third-order valence-electron chi connectivity index (χ3n) is 2.58. The SMILES string of the molecule is O=C[C@H]1CCc2ccccc2C1. The molecule has 0 N–H and O–H groups in total. The first-order valence-electron chi connectivity index (χ1n) is 4.42. The van der Waals surface area contributed by atoms with Gasteiger partial charge in [0.25, 0.3) is 0 Å². The largest absolute Gasteiger partial charge is 0.303 e. The average molecular weight is 160 g/mol. The van der Waals surface area contributed by atoms with Crippen molar-refractivity contribution in [1.82, 2.24) is 0 Å². The Morgan fingerprint density at radius 1 is 1.25 bits per heavy atom. The number of rotatable bonds is 1. The van der Waals surface area contributed by atoms with Crippen LogP contribution in [0.2, 0.25) is 0 Å². The predicted molar refractivity (Wildman–Crippen MR) is 48.0 cm³/mol. The lowest BCUT2D eigenvalue weighted by Crippen LogP contribution is -2.14. The van der Waals surface area contributed by atoms with E-state index >= 15 is 0 Å². The van der Waals surface area contributed by atoms with Crippen LogP contribution in [0.25, 0.3) is 0 Å². The van der Waals surface area contributed by atoms with Crippen LogP contribution in [0.5, 0.6) is 0 Å². The van der Waals surface area contributed by atoms with Crippen molar-refractivity contribution in [2.45, 2.75) is 19.3 Å². The molecule has 1 nitrogen and oxygen atoms in total. The molecule has 0 aliphatic heterocycles. The normalized spacial score (nSPS) is 21.5. The van der Waals surface area contributed by atoms with Gasteiger partial charge >= 0.3 is 0 Å². The van der Waals surface area contributed by atoms with E-state index in [1.54, 1.807) is 0 Å². The summed E-state index contributed by atoms with van der Waals surface area (Å²) in [5.74, 6) is 0.264. The van der Waals surface area contributed by atoms with Crippen LogP contribution >= 0.6 is 0 Å². The lowest BCUT2D eigenvalue weighted by Gasteiger charge is -2.19. The fourth-order valence-electron chi connectivity index (χ4n) is 1.84. The fraction of sp³-hybridized carbons (Fsp3) is 0.364. The lowest BCUT2D eigenvalue weighted by atomic mass is 9.85. The van der Waals surface area contributed by atoms with Crippen LogP contribution in [0.3, 0.4) is 0 Å². The molecule has 1 heteroatoms. The number of hydrogen-bond acceptors (Lipinski definition) is 1. The standard InChI is InChI=1S/C11H12O/c12-8-9-5-6-10-3-1-2-4-11(10)7-9/h1-4,8-9H,5-7H2/t9-/m0/s1. The molecule has 0 heterocycles. The molecule has 1 aliphatic rings. The molecule has 0 fully saturated rings. The highest BCUT2D eigenvalue weighted by Crippen LogP contribution is 2.23. The fourth-order valence-corrected chi connectivity index (χ4v) is 1.84. The highest BCUT2D eigenvalue weighted by Gasteiger charge is 2.16. The van der Waals surface area contributed by atoms with E-state index in [0.717, 1.165) is 25.5 Å². The second kappa shape index (κ2) is 3.10. The summed E-state index contributed by atoms with van der Waals surface area (Å²) in [7, 11) is 0. The molecular formula is C11H12O. The van der Waals surface area contributed by atoms with Gasteiger partial charge in [-0.2, -0.15) is 0 Å². The van der Waals surface area contributed by atoms with Crippen molar-refractivity contribution in [3.63, 3.8) is 0 Å². The van der Waals surface area contributed by atoms with E-state index in [0.29, 0.717) is 0 Å². The van der Waals surface area contributed by atoms with Crippen molar-refractivity contribution in [1.29, 1.82) is 0 Å².